The lowest BCUT2D eigenvalue weighted by atomic mass is 10.1. The lowest BCUT2D eigenvalue weighted by Crippen LogP contribution is -2.61. The van der Waals surface area contributed by atoms with Crippen LogP contribution in [0.2, 0.25) is 0 Å². The second-order valence-electron chi connectivity index (χ2n) is 3.69. The first kappa shape index (κ1) is 13.7. The van der Waals surface area contributed by atoms with Gasteiger partial charge in [-0.1, -0.05) is 0 Å². The highest BCUT2D eigenvalue weighted by Gasteiger charge is 2.32. The molecule has 0 aromatic heterocycles. The summed E-state index contributed by atoms with van der Waals surface area (Å²) in [5.41, 5.74) is 0. The molecule has 1 heterocycles. The fourth-order valence-corrected chi connectivity index (χ4v) is 2.50. The molecule has 1 aliphatic heterocycles. The van der Waals surface area contributed by atoms with Crippen molar-refractivity contribution in [3.63, 3.8) is 0 Å². The number of hydrogen-bond acceptors (Lipinski definition) is 4. The second-order valence-corrected chi connectivity index (χ2v) is 5.66. The van der Waals surface area contributed by atoms with Gasteiger partial charge in [-0.15, -0.1) is 0 Å². The molecule has 92 valence electrons. The maximum atomic E-state index is 11.7. The quantitative estimate of drug-likeness (QED) is 0.731. The van der Waals surface area contributed by atoms with Gasteiger partial charge in [-0.05, 0) is 36.9 Å². The monoisotopic (exact) mass is 262 g/mol. The molecule has 2 amide bonds. The molecule has 0 aromatic rings. The molecule has 4 nitrogen and oxygen atoms in total. The third-order valence-electron chi connectivity index (χ3n) is 2.49. The van der Waals surface area contributed by atoms with Crippen LogP contribution in [-0.2, 0) is 9.59 Å². The fraction of sp³-hybridized carbons (Fsp3) is 0.800. The molecule has 6 heteroatoms. The first-order chi connectivity index (χ1) is 7.69. The largest absolute Gasteiger partial charge is 0.342 e. The Morgan fingerprint density at radius 3 is 1.62 bits per heavy atom. The molecule has 0 aliphatic carbocycles. The standard InChI is InChI=1S/C10H18N2O2S2/c1-15-5-3-7-9(13)12-8(4-6-16-2)10(14)11-7/h7-8H,3-6H2,1-2H3,(H,11,14)(H,12,13). The van der Waals surface area contributed by atoms with Crippen molar-refractivity contribution in [1.82, 2.24) is 10.6 Å². The van der Waals surface area contributed by atoms with Crippen LogP contribution >= 0.6 is 23.5 Å². The van der Waals surface area contributed by atoms with Gasteiger partial charge in [-0.25, -0.2) is 0 Å². The van der Waals surface area contributed by atoms with Crippen LogP contribution in [0.3, 0.4) is 0 Å². The van der Waals surface area contributed by atoms with E-state index in [-0.39, 0.29) is 23.9 Å². The summed E-state index contributed by atoms with van der Waals surface area (Å²) >= 11 is 3.36. The third kappa shape index (κ3) is 3.90. The molecule has 2 unspecified atom stereocenters. The first-order valence-corrected chi connectivity index (χ1v) is 8.06. The summed E-state index contributed by atoms with van der Waals surface area (Å²) in [6.07, 6.45) is 5.38. The van der Waals surface area contributed by atoms with Gasteiger partial charge in [-0.2, -0.15) is 23.5 Å². The maximum absolute atomic E-state index is 11.7. The summed E-state index contributed by atoms with van der Waals surface area (Å²) in [7, 11) is 0. The highest BCUT2D eigenvalue weighted by molar-refractivity contribution is 7.98. The summed E-state index contributed by atoms with van der Waals surface area (Å²) in [5.74, 6) is 1.68. The van der Waals surface area contributed by atoms with Gasteiger partial charge in [0.25, 0.3) is 0 Å². The molecular weight excluding hydrogens is 244 g/mol. The highest BCUT2D eigenvalue weighted by atomic mass is 32.2. The van der Waals surface area contributed by atoms with Crippen LogP contribution in [0.5, 0.6) is 0 Å². The van der Waals surface area contributed by atoms with Crippen LogP contribution in [0.25, 0.3) is 0 Å². The molecule has 1 aliphatic rings. The minimum absolute atomic E-state index is 0.0419. The zero-order chi connectivity index (χ0) is 12.0. The van der Waals surface area contributed by atoms with Crippen molar-refractivity contribution in [2.24, 2.45) is 0 Å². The smallest absolute Gasteiger partial charge is 0.243 e. The minimum Gasteiger partial charge on any atom is -0.342 e. The molecule has 0 bridgehead atoms. The average Bonchev–Trinajstić information content (AvgIpc) is 2.28. The van der Waals surface area contributed by atoms with Crippen molar-refractivity contribution >= 4 is 35.3 Å². The number of hydrogen-bond donors (Lipinski definition) is 2. The van der Waals surface area contributed by atoms with Crippen molar-refractivity contribution in [3.05, 3.63) is 0 Å². The Bertz CT molecular complexity index is 235. The van der Waals surface area contributed by atoms with Crippen LogP contribution in [0.4, 0.5) is 0 Å². The average molecular weight is 262 g/mol. The van der Waals surface area contributed by atoms with E-state index in [9.17, 15) is 9.59 Å². The van der Waals surface area contributed by atoms with Crippen LogP contribution in [-0.4, -0.2) is 47.9 Å². The zero-order valence-corrected chi connectivity index (χ0v) is 11.2. The summed E-state index contributed by atoms with van der Waals surface area (Å²) in [6, 6.07) is -0.684. The third-order valence-corrected chi connectivity index (χ3v) is 3.78. The van der Waals surface area contributed by atoms with Crippen LogP contribution < -0.4 is 10.6 Å². The van der Waals surface area contributed by atoms with Crippen molar-refractivity contribution < 1.29 is 9.59 Å². The zero-order valence-electron chi connectivity index (χ0n) is 9.62. The van der Waals surface area contributed by atoms with E-state index in [2.05, 4.69) is 10.6 Å². The van der Waals surface area contributed by atoms with E-state index in [1.54, 1.807) is 23.5 Å². The van der Waals surface area contributed by atoms with E-state index in [4.69, 9.17) is 0 Å². The lowest BCUT2D eigenvalue weighted by molar-refractivity contribution is -0.136. The number of carbonyl (C=O) groups excluding carboxylic acids is 2. The Balaban J connectivity index is 2.43. The Labute approximate surface area is 105 Å². The predicted molar refractivity (Wildman–Crippen MR) is 69.9 cm³/mol. The molecule has 0 aromatic carbocycles. The number of thioether (sulfide) groups is 2. The summed E-state index contributed by atoms with van der Waals surface area (Å²) < 4.78 is 0. The molecule has 2 atom stereocenters. The number of nitrogens with one attached hydrogen (secondary N) is 2. The van der Waals surface area contributed by atoms with Gasteiger partial charge in [0.2, 0.25) is 11.8 Å². The molecule has 0 spiro atoms. The fourth-order valence-electron chi connectivity index (χ4n) is 1.55. The Kier molecular flexibility index (Phi) is 6.05. The Morgan fingerprint density at radius 1 is 0.938 bits per heavy atom. The van der Waals surface area contributed by atoms with Crippen LogP contribution in [0.1, 0.15) is 12.8 Å². The van der Waals surface area contributed by atoms with E-state index >= 15 is 0 Å². The van der Waals surface area contributed by atoms with Crippen molar-refractivity contribution in [3.8, 4) is 0 Å². The van der Waals surface area contributed by atoms with E-state index in [1.165, 1.54) is 0 Å². The van der Waals surface area contributed by atoms with Gasteiger partial charge in [0.05, 0.1) is 0 Å². The number of rotatable bonds is 6. The second kappa shape index (κ2) is 7.06. The van der Waals surface area contributed by atoms with Gasteiger partial charge in [0.1, 0.15) is 12.1 Å². The lowest BCUT2D eigenvalue weighted by Gasteiger charge is -2.29. The molecule has 1 saturated heterocycles. The number of carbonyl (C=O) groups is 2. The van der Waals surface area contributed by atoms with E-state index in [0.717, 1.165) is 11.5 Å². The molecular formula is C10H18N2O2S2. The number of piperazine rings is 1. The summed E-state index contributed by atoms with van der Waals surface area (Å²) in [4.78, 5) is 23.4. The van der Waals surface area contributed by atoms with Gasteiger partial charge >= 0.3 is 0 Å². The van der Waals surface area contributed by atoms with Crippen molar-refractivity contribution in [2.75, 3.05) is 24.0 Å². The summed E-state index contributed by atoms with van der Waals surface area (Å²) in [6.45, 7) is 0. The van der Waals surface area contributed by atoms with Gasteiger partial charge in [0, 0.05) is 0 Å². The van der Waals surface area contributed by atoms with Gasteiger partial charge < -0.3 is 10.6 Å². The molecule has 2 N–H and O–H groups in total. The van der Waals surface area contributed by atoms with E-state index in [1.807, 2.05) is 12.5 Å². The predicted octanol–water partition coefficient (Wildman–Crippen LogP) is 0.476. The molecule has 1 rings (SSSR count). The van der Waals surface area contributed by atoms with Crippen molar-refractivity contribution in [1.29, 1.82) is 0 Å². The Morgan fingerprint density at radius 2 is 1.31 bits per heavy atom. The van der Waals surface area contributed by atoms with Crippen LogP contribution in [0, 0.1) is 0 Å². The Hall–Kier alpha value is -0.360. The molecule has 0 saturated carbocycles. The summed E-state index contributed by atoms with van der Waals surface area (Å²) in [5, 5.41) is 5.57. The topological polar surface area (TPSA) is 58.2 Å². The maximum Gasteiger partial charge on any atom is 0.243 e. The number of amides is 2. The SMILES string of the molecule is CSCCC1NC(=O)C(CCSC)NC1=O. The van der Waals surface area contributed by atoms with Crippen molar-refractivity contribution in [2.45, 2.75) is 24.9 Å². The van der Waals surface area contributed by atoms with E-state index in [0.29, 0.717) is 12.8 Å². The van der Waals surface area contributed by atoms with Gasteiger partial charge in [0.15, 0.2) is 0 Å². The molecule has 0 radical (unpaired) electrons. The minimum atomic E-state index is -0.342. The highest BCUT2D eigenvalue weighted by Crippen LogP contribution is 2.09. The molecule has 16 heavy (non-hydrogen) atoms. The van der Waals surface area contributed by atoms with Gasteiger partial charge in [-0.3, -0.25) is 9.59 Å². The normalized spacial score (nSPS) is 25.1. The van der Waals surface area contributed by atoms with E-state index < -0.39 is 0 Å². The molecule has 1 fully saturated rings. The first-order valence-electron chi connectivity index (χ1n) is 5.27. The van der Waals surface area contributed by atoms with Crippen LogP contribution in [0.15, 0.2) is 0 Å².